The smallest absolute Gasteiger partial charge is 0.259 e. The van der Waals surface area contributed by atoms with Gasteiger partial charge < -0.3 is 9.80 Å². The summed E-state index contributed by atoms with van der Waals surface area (Å²) < 4.78 is 14.0. The van der Waals surface area contributed by atoms with Crippen molar-refractivity contribution in [3.05, 3.63) is 64.0 Å². The summed E-state index contributed by atoms with van der Waals surface area (Å²) in [4.78, 5) is 32.8. The van der Waals surface area contributed by atoms with Crippen LogP contribution in [0.2, 0.25) is 5.02 Å². The molecule has 154 valence electrons. The molecule has 8 nitrogen and oxygen atoms in total. The summed E-state index contributed by atoms with van der Waals surface area (Å²) in [6.07, 6.45) is 1.49. The molecule has 30 heavy (non-hydrogen) atoms. The van der Waals surface area contributed by atoms with Crippen molar-refractivity contribution in [3.8, 4) is 0 Å². The zero-order chi connectivity index (χ0) is 21.1. The summed E-state index contributed by atoms with van der Waals surface area (Å²) in [5, 5.41) is 10.6. The number of aromatic nitrogens is 3. The highest BCUT2D eigenvalue weighted by atomic mass is 35.5. The number of amides is 2. The van der Waals surface area contributed by atoms with Crippen LogP contribution in [0.1, 0.15) is 20.7 Å². The lowest BCUT2D eigenvalue weighted by atomic mass is 10.1. The molecule has 2 aromatic heterocycles. The second-order valence-corrected chi connectivity index (χ2v) is 7.72. The van der Waals surface area contributed by atoms with Gasteiger partial charge in [0.25, 0.3) is 11.8 Å². The number of pyridine rings is 1. The molecule has 0 aliphatic carbocycles. The van der Waals surface area contributed by atoms with E-state index in [9.17, 15) is 14.0 Å². The SMILES string of the molecule is O=C(Nc1nncs1)c1ccc(N2CCN(C(=O)c3c(F)cccc3Cl)CC2)nc1. The van der Waals surface area contributed by atoms with E-state index in [4.69, 9.17) is 11.6 Å². The zero-order valence-corrected chi connectivity index (χ0v) is 17.2. The lowest BCUT2D eigenvalue weighted by Crippen LogP contribution is -2.49. The molecule has 0 saturated carbocycles. The molecular formula is C19H16ClFN6O2S. The molecule has 0 bridgehead atoms. The molecule has 1 N–H and O–H groups in total. The van der Waals surface area contributed by atoms with Crippen molar-refractivity contribution in [2.75, 3.05) is 36.4 Å². The molecule has 0 unspecified atom stereocenters. The van der Waals surface area contributed by atoms with Crippen LogP contribution in [0.15, 0.2) is 42.0 Å². The van der Waals surface area contributed by atoms with Crippen LogP contribution >= 0.6 is 22.9 Å². The van der Waals surface area contributed by atoms with Crippen LogP contribution in [0.5, 0.6) is 0 Å². The summed E-state index contributed by atoms with van der Waals surface area (Å²) in [7, 11) is 0. The highest BCUT2D eigenvalue weighted by Gasteiger charge is 2.26. The van der Waals surface area contributed by atoms with Gasteiger partial charge in [0.1, 0.15) is 17.1 Å². The molecule has 1 aliphatic heterocycles. The van der Waals surface area contributed by atoms with Crippen LogP contribution in [0.4, 0.5) is 15.3 Å². The monoisotopic (exact) mass is 446 g/mol. The molecule has 0 atom stereocenters. The molecule has 1 saturated heterocycles. The molecule has 3 aromatic rings. The first kappa shape index (κ1) is 20.2. The van der Waals surface area contributed by atoms with E-state index < -0.39 is 11.7 Å². The van der Waals surface area contributed by atoms with Gasteiger partial charge in [-0.3, -0.25) is 14.9 Å². The Kier molecular flexibility index (Phi) is 5.86. The minimum Gasteiger partial charge on any atom is -0.353 e. The third kappa shape index (κ3) is 4.24. The molecular weight excluding hydrogens is 431 g/mol. The Labute approximate surface area is 180 Å². The molecule has 4 rings (SSSR count). The van der Waals surface area contributed by atoms with Gasteiger partial charge in [-0.05, 0) is 24.3 Å². The largest absolute Gasteiger partial charge is 0.353 e. The first-order valence-electron chi connectivity index (χ1n) is 9.05. The fraction of sp³-hybridized carbons (Fsp3) is 0.211. The van der Waals surface area contributed by atoms with E-state index in [1.54, 1.807) is 17.0 Å². The Balaban J connectivity index is 1.37. The summed E-state index contributed by atoms with van der Waals surface area (Å²) in [6.45, 7) is 1.87. The Morgan fingerprint density at radius 3 is 2.57 bits per heavy atom. The van der Waals surface area contributed by atoms with Crippen LogP contribution in [-0.4, -0.2) is 58.1 Å². The van der Waals surface area contributed by atoms with Crippen molar-refractivity contribution in [1.82, 2.24) is 20.1 Å². The van der Waals surface area contributed by atoms with E-state index in [1.807, 2.05) is 4.90 Å². The Hall–Kier alpha value is -3.11. The first-order chi connectivity index (χ1) is 14.5. The number of rotatable bonds is 4. The number of carbonyl (C=O) groups is 2. The van der Waals surface area contributed by atoms with Crippen LogP contribution in [0, 0.1) is 5.82 Å². The van der Waals surface area contributed by atoms with Gasteiger partial charge in [0.15, 0.2) is 0 Å². The minimum atomic E-state index is -0.626. The third-order valence-corrected chi connectivity index (χ3v) is 5.58. The van der Waals surface area contributed by atoms with E-state index >= 15 is 0 Å². The van der Waals surface area contributed by atoms with Gasteiger partial charge in [0.2, 0.25) is 5.13 Å². The molecule has 3 heterocycles. The van der Waals surface area contributed by atoms with Gasteiger partial charge in [0, 0.05) is 32.4 Å². The first-order valence-corrected chi connectivity index (χ1v) is 10.3. The number of anilines is 2. The molecule has 1 aromatic carbocycles. The van der Waals surface area contributed by atoms with Crippen molar-refractivity contribution < 1.29 is 14.0 Å². The van der Waals surface area contributed by atoms with Crippen molar-refractivity contribution in [3.63, 3.8) is 0 Å². The molecule has 0 spiro atoms. The Bertz CT molecular complexity index is 1040. The maximum atomic E-state index is 14.0. The fourth-order valence-electron chi connectivity index (χ4n) is 3.10. The zero-order valence-electron chi connectivity index (χ0n) is 15.6. The van der Waals surface area contributed by atoms with Gasteiger partial charge in [-0.25, -0.2) is 9.37 Å². The number of piperazine rings is 1. The van der Waals surface area contributed by atoms with E-state index in [0.717, 1.165) is 0 Å². The van der Waals surface area contributed by atoms with Crippen LogP contribution in [-0.2, 0) is 0 Å². The van der Waals surface area contributed by atoms with Gasteiger partial charge >= 0.3 is 0 Å². The maximum absolute atomic E-state index is 14.0. The van der Waals surface area contributed by atoms with Crippen molar-refractivity contribution >= 4 is 45.7 Å². The third-order valence-electron chi connectivity index (χ3n) is 4.66. The number of benzene rings is 1. The molecule has 0 radical (unpaired) electrons. The van der Waals surface area contributed by atoms with Crippen molar-refractivity contribution in [1.29, 1.82) is 0 Å². The quantitative estimate of drug-likeness (QED) is 0.662. The normalized spacial score (nSPS) is 13.9. The summed E-state index contributed by atoms with van der Waals surface area (Å²) in [5.74, 6) is -0.671. The number of hydrogen-bond acceptors (Lipinski definition) is 7. The molecule has 1 fully saturated rings. The highest BCUT2D eigenvalue weighted by molar-refractivity contribution is 7.13. The number of halogens is 2. The minimum absolute atomic E-state index is 0.100. The standard InChI is InChI=1S/C19H16ClFN6O2S/c20-13-2-1-3-14(21)16(13)18(29)27-8-6-26(7-9-27)15-5-4-12(10-22-15)17(28)24-19-25-23-11-30-19/h1-5,10-11H,6-9H2,(H,24,25,28). The fourth-order valence-corrected chi connectivity index (χ4v) is 3.79. The van der Waals surface area contributed by atoms with Gasteiger partial charge in [-0.1, -0.05) is 29.0 Å². The van der Waals surface area contributed by atoms with E-state index in [0.29, 0.717) is 42.7 Å². The maximum Gasteiger partial charge on any atom is 0.259 e. The molecule has 1 aliphatic rings. The average molecular weight is 447 g/mol. The lowest BCUT2D eigenvalue weighted by Gasteiger charge is -2.35. The predicted molar refractivity (Wildman–Crippen MR) is 112 cm³/mol. The number of nitrogens with zero attached hydrogens (tertiary/aromatic N) is 5. The Morgan fingerprint density at radius 1 is 1.13 bits per heavy atom. The van der Waals surface area contributed by atoms with Gasteiger partial charge in [0.05, 0.1) is 16.1 Å². The van der Waals surface area contributed by atoms with Crippen molar-refractivity contribution in [2.24, 2.45) is 0 Å². The second-order valence-electron chi connectivity index (χ2n) is 6.48. The van der Waals surface area contributed by atoms with Crippen molar-refractivity contribution in [2.45, 2.75) is 0 Å². The van der Waals surface area contributed by atoms with E-state index in [2.05, 4.69) is 20.5 Å². The predicted octanol–water partition coefficient (Wildman–Crippen LogP) is 2.94. The average Bonchev–Trinajstić information content (AvgIpc) is 3.27. The van der Waals surface area contributed by atoms with Crippen LogP contribution in [0.25, 0.3) is 0 Å². The summed E-state index contributed by atoms with van der Waals surface area (Å²) in [6, 6.07) is 7.62. The second kappa shape index (κ2) is 8.72. The Morgan fingerprint density at radius 2 is 1.93 bits per heavy atom. The van der Waals surface area contributed by atoms with Crippen LogP contribution in [0.3, 0.4) is 0 Å². The number of nitrogens with one attached hydrogen (secondary N) is 1. The topological polar surface area (TPSA) is 91.3 Å². The highest BCUT2D eigenvalue weighted by Crippen LogP contribution is 2.22. The summed E-state index contributed by atoms with van der Waals surface area (Å²) in [5.41, 5.74) is 1.83. The molecule has 11 heteroatoms. The number of hydrogen-bond donors (Lipinski definition) is 1. The summed E-state index contributed by atoms with van der Waals surface area (Å²) >= 11 is 7.23. The van der Waals surface area contributed by atoms with E-state index in [-0.39, 0.29) is 16.5 Å². The van der Waals surface area contributed by atoms with E-state index in [1.165, 1.54) is 41.2 Å². The van der Waals surface area contributed by atoms with Gasteiger partial charge in [-0.2, -0.15) is 0 Å². The lowest BCUT2D eigenvalue weighted by molar-refractivity contribution is 0.0741. The van der Waals surface area contributed by atoms with Gasteiger partial charge in [-0.15, -0.1) is 10.2 Å². The van der Waals surface area contributed by atoms with Crippen LogP contribution < -0.4 is 10.2 Å². The number of carbonyl (C=O) groups excluding carboxylic acids is 2. The molecule has 2 amide bonds.